The van der Waals surface area contributed by atoms with Crippen LogP contribution < -0.4 is 9.64 Å². The first-order chi connectivity index (χ1) is 13.1. The molecule has 28 heavy (non-hydrogen) atoms. The number of anilines is 1. The predicted octanol–water partition coefficient (Wildman–Crippen LogP) is 5.73. The molecule has 1 atom stereocenters. The third kappa shape index (κ3) is 4.60. The number of nitrogens with zero attached hydrogens (tertiary/aromatic N) is 1. The molecule has 4 heteroatoms. The van der Waals surface area contributed by atoms with Gasteiger partial charge in [-0.2, -0.15) is 0 Å². The van der Waals surface area contributed by atoms with Gasteiger partial charge >= 0.3 is 5.97 Å². The van der Waals surface area contributed by atoms with Gasteiger partial charge in [0.05, 0.1) is 6.10 Å². The summed E-state index contributed by atoms with van der Waals surface area (Å²) in [5, 5.41) is 11.4. The van der Waals surface area contributed by atoms with E-state index >= 15 is 0 Å². The SMILES string of the molecule is CC(C(=O)O)N(C)c1ccc2cc(OC3CCC(C(C)(C)C)CC3)ccc2c1. The molecule has 1 aliphatic carbocycles. The fourth-order valence-electron chi connectivity index (χ4n) is 4.13. The van der Waals surface area contributed by atoms with Gasteiger partial charge in [-0.25, -0.2) is 4.79 Å². The molecule has 2 aromatic rings. The lowest BCUT2D eigenvalue weighted by Gasteiger charge is -2.37. The summed E-state index contributed by atoms with van der Waals surface area (Å²) >= 11 is 0. The number of carbonyl (C=O) groups is 1. The smallest absolute Gasteiger partial charge is 0.326 e. The number of hydrogen-bond acceptors (Lipinski definition) is 3. The molecule has 0 radical (unpaired) electrons. The van der Waals surface area contributed by atoms with E-state index in [1.54, 1.807) is 11.8 Å². The Labute approximate surface area is 168 Å². The van der Waals surface area contributed by atoms with Crippen LogP contribution in [0.2, 0.25) is 0 Å². The summed E-state index contributed by atoms with van der Waals surface area (Å²) < 4.78 is 6.28. The lowest BCUT2D eigenvalue weighted by molar-refractivity contribution is -0.138. The van der Waals surface area contributed by atoms with Crippen LogP contribution in [0, 0.1) is 11.3 Å². The molecule has 0 bridgehead atoms. The third-order valence-corrected chi connectivity index (χ3v) is 6.34. The molecule has 3 rings (SSSR count). The van der Waals surface area contributed by atoms with E-state index in [1.165, 1.54) is 12.8 Å². The van der Waals surface area contributed by atoms with Crippen LogP contribution >= 0.6 is 0 Å². The van der Waals surface area contributed by atoms with E-state index in [0.29, 0.717) is 11.5 Å². The molecule has 1 fully saturated rings. The maximum absolute atomic E-state index is 11.2. The summed E-state index contributed by atoms with van der Waals surface area (Å²) in [4.78, 5) is 13.0. The van der Waals surface area contributed by atoms with E-state index in [-0.39, 0.29) is 0 Å². The number of rotatable bonds is 5. The highest BCUT2D eigenvalue weighted by Gasteiger charge is 2.30. The Kier molecular flexibility index (Phi) is 5.87. The van der Waals surface area contributed by atoms with Crippen molar-refractivity contribution in [3.63, 3.8) is 0 Å². The lowest BCUT2D eigenvalue weighted by atomic mass is 9.72. The second-order valence-corrected chi connectivity index (χ2v) is 9.28. The van der Waals surface area contributed by atoms with Crippen molar-refractivity contribution < 1.29 is 14.6 Å². The molecule has 0 aliphatic heterocycles. The van der Waals surface area contributed by atoms with Crippen LogP contribution in [0.15, 0.2) is 36.4 Å². The predicted molar refractivity (Wildman–Crippen MR) is 115 cm³/mol. The molecule has 1 aliphatic rings. The van der Waals surface area contributed by atoms with Crippen molar-refractivity contribution in [3.8, 4) is 5.75 Å². The zero-order valence-electron chi connectivity index (χ0n) is 17.7. The first-order valence-electron chi connectivity index (χ1n) is 10.3. The van der Waals surface area contributed by atoms with Crippen LogP contribution in [-0.4, -0.2) is 30.3 Å². The quantitative estimate of drug-likeness (QED) is 0.716. The van der Waals surface area contributed by atoms with E-state index in [9.17, 15) is 9.90 Å². The van der Waals surface area contributed by atoms with Crippen LogP contribution in [0.3, 0.4) is 0 Å². The highest BCUT2D eigenvalue weighted by Crippen LogP contribution is 2.39. The molecule has 0 saturated heterocycles. The summed E-state index contributed by atoms with van der Waals surface area (Å²) in [5.41, 5.74) is 1.29. The number of carboxylic acid groups (broad SMARTS) is 1. The molecule has 1 saturated carbocycles. The molecule has 4 nitrogen and oxygen atoms in total. The monoisotopic (exact) mass is 383 g/mol. The summed E-state index contributed by atoms with van der Waals surface area (Å²) in [7, 11) is 1.81. The molecule has 2 aromatic carbocycles. The second kappa shape index (κ2) is 8.02. The highest BCUT2D eigenvalue weighted by atomic mass is 16.5. The number of aliphatic carboxylic acids is 1. The van der Waals surface area contributed by atoms with E-state index in [4.69, 9.17) is 4.74 Å². The molecule has 0 heterocycles. The van der Waals surface area contributed by atoms with Crippen molar-refractivity contribution >= 4 is 22.4 Å². The lowest BCUT2D eigenvalue weighted by Crippen LogP contribution is -2.35. The van der Waals surface area contributed by atoms with Crippen LogP contribution in [0.25, 0.3) is 10.8 Å². The largest absolute Gasteiger partial charge is 0.490 e. The van der Waals surface area contributed by atoms with Gasteiger partial charge in [0.1, 0.15) is 11.8 Å². The van der Waals surface area contributed by atoms with E-state index in [2.05, 4.69) is 32.9 Å². The van der Waals surface area contributed by atoms with E-state index in [0.717, 1.165) is 41.0 Å². The number of carboxylic acids is 1. The zero-order chi connectivity index (χ0) is 20.5. The van der Waals surface area contributed by atoms with Gasteiger partial charge in [-0.15, -0.1) is 0 Å². The zero-order valence-corrected chi connectivity index (χ0v) is 17.7. The summed E-state index contributed by atoms with van der Waals surface area (Å²) in [6.45, 7) is 8.71. The number of ether oxygens (including phenoxy) is 1. The third-order valence-electron chi connectivity index (χ3n) is 6.34. The van der Waals surface area contributed by atoms with Crippen molar-refractivity contribution in [2.75, 3.05) is 11.9 Å². The topological polar surface area (TPSA) is 49.8 Å². The Hall–Kier alpha value is -2.23. The maximum atomic E-state index is 11.2. The molecule has 0 spiro atoms. The average molecular weight is 384 g/mol. The number of benzene rings is 2. The minimum atomic E-state index is -0.826. The van der Waals surface area contributed by atoms with Gasteiger partial charge in [0.2, 0.25) is 0 Å². The fraction of sp³-hybridized carbons (Fsp3) is 0.542. The van der Waals surface area contributed by atoms with Crippen LogP contribution in [0.5, 0.6) is 5.75 Å². The molecule has 1 unspecified atom stereocenters. The van der Waals surface area contributed by atoms with Crippen molar-refractivity contribution in [2.24, 2.45) is 11.3 Å². The van der Waals surface area contributed by atoms with Gasteiger partial charge in [0, 0.05) is 12.7 Å². The highest BCUT2D eigenvalue weighted by molar-refractivity contribution is 5.88. The van der Waals surface area contributed by atoms with Crippen molar-refractivity contribution in [3.05, 3.63) is 36.4 Å². The minimum absolute atomic E-state index is 0.304. The normalized spacial score (nSPS) is 21.3. The van der Waals surface area contributed by atoms with Gasteiger partial charge in [-0.1, -0.05) is 32.9 Å². The van der Waals surface area contributed by atoms with Gasteiger partial charge < -0.3 is 14.7 Å². The number of hydrogen-bond donors (Lipinski definition) is 1. The Balaban J connectivity index is 1.68. The summed E-state index contributed by atoms with van der Waals surface area (Å²) in [5.74, 6) is 0.881. The van der Waals surface area contributed by atoms with Crippen LogP contribution in [-0.2, 0) is 4.79 Å². The van der Waals surface area contributed by atoms with Gasteiger partial charge in [-0.05, 0) is 79.0 Å². The van der Waals surface area contributed by atoms with Crippen molar-refractivity contribution in [2.45, 2.75) is 65.5 Å². The molecule has 0 aromatic heterocycles. The van der Waals surface area contributed by atoms with Crippen LogP contribution in [0.4, 0.5) is 5.69 Å². The first-order valence-corrected chi connectivity index (χ1v) is 10.3. The molecule has 152 valence electrons. The van der Waals surface area contributed by atoms with Crippen LogP contribution in [0.1, 0.15) is 53.4 Å². The summed E-state index contributed by atoms with van der Waals surface area (Å²) in [6.07, 6.45) is 5.02. The second-order valence-electron chi connectivity index (χ2n) is 9.28. The standard InChI is InChI=1S/C24H33NO3/c1-16(23(26)27)25(5)20-10-6-18-15-22(11-7-17(18)14-20)28-21-12-8-19(9-13-21)24(2,3)4/h6-7,10-11,14-16,19,21H,8-9,12-13H2,1-5H3,(H,26,27). The number of fused-ring (bicyclic) bond motifs is 1. The summed E-state index contributed by atoms with van der Waals surface area (Å²) in [6, 6.07) is 11.7. The molecular formula is C24H33NO3. The Morgan fingerprint density at radius 1 is 1.07 bits per heavy atom. The van der Waals surface area contributed by atoms with Gasteiger partial charge in [0.25, 0.3) is 0 Å². The maximum Gasteiger partial charge on any atom is 0.326 e. The van der Waals surface area contributed by atoms with Crippen molar-refractivity contribution in [1.82, 2.24) is 0 Å². The van der Waals surface area contributed by atoms with E-state index < -0.39 is 12.0 Å². The first kappa shape index (κ1) is 20.5. The Morgan fingerprint density at radius 2 is 1.68 bits per heavy atom. The van der Waals surface area contributed by atoms with E-state index in [1.807, 2.05) is 31.3 Å². The average Bonchev–Trinajstić information content (AvgIpc) is 2.66. The minimum Gasteiger partial charge on any atom is -0.490 e. The molecular weight excluding hydrogens is 350 g/mol. The molecule has 1 N–H and O–H groups in total. The Bertz CT molecular complexity index is 831. The number of likely N-dealkylation sites (N-methyl/N-ethyl adjacent to an activating group) is 1. The van der Waals surface area contributed by atoms with Crippen molar-refractivity contribution in [1.29, 1.82) is 0 Å². The van der Waals surface area contributed by atoms with Gasteiger partial charge in [0.15, 0.2) is 0 Å². The fourth-order valence-corrected chi connectivity index (χ4v) is 4.13. The molecule has 0 amide bonds. The Morgan fingerprint density at radius 3 is 2.29 bits per heavy atom. The van der Waals surface area contributed by atoms with Gasteiger partial charge in [-0.3, -0.25) is 0 Å².